The lowest BCUT2D eigenvalue weighted by Gasteiger charge is -2.28. The van der Waals surface area contributed by atoms with Crippen LogP contribution in [0.25, 0.3) is 22.5 Å². The Bertz CT molecular complexity index is 2070. The summed E-state index contributed by atoms with van der Waals surface area (Å²) in [6.07, 6.45) is 3.81. The van der Waals surface area contributed by atoms with Crippen molar-refractivity contribution in [3.05, 3.63) is 60.9 Å². The van der Waals surface area contributed by atoms with Crippen molar-refractivity contribution in [3.63, 3.8) is 0 Å². The molecule has 0 unspecified atom stereocenters. The summed E-state index contributed by atoms with van der Waals surface area (Å²) in [5.41, 5.74) is 6.78. The average Bonchev–Trinajstić information content (AvgIpc) is 4.03. The summed E-state index contributed by atoms with van der Waals surface area (Å²) in [4.78, 5) is 75.4. The molecule has 2 aliphatic carbocycles. The zero-order valence-corrected chi connectivity index (χ0v) is 35.1. The molecule has 4 aromatic rings. The van der Waals surface area contributed by atoms with Gasteiger partial charge in [-0.05, 0) is 118 Å². The van der Waals surface area contributed by atoms with Crippen molar-refractivity contribution < 1.29 is 38.2 Å². The molecule has 2 heterocycles. The van der Waals surface area contributed by atoms with E-state index in [1.54, 1.807) is 92.8 Å². The Morgan fingerprint density at radius 1 is 0.672 bits per heavy atom. The van der Waals surface area contributed by atoms with Crippen molar-refractivity contribution in [2.45, 2.75) is 105 Å². The van der Waals surface area contributed by atoms with E-state index in [2.05, 4.69) is 25.6 Å². The van der Waals surface area contributed by atoms with Crippen LogP contribution in [-0.4, -0.2) is 66.4 Å². The maximum Gasteiger partial charge on any atom is 0.427 e. The summed E-state index contributed by atoms with van der Waals surface area (Å²) in [6, 6.07) is 14.4. The number of amides is 4. The fourth-order valence-corrected chi connectivity index (χ4v) is 5.16. The first kappa shape index (κ1) is 44.8. The number of aromatic amines is 1. The number of carbonyl (C=O) groups is 5. The van der Waals surface area contributed by atoms with Crippen molar-refractivity contribution >= 4 is 65.8 Å². The van der Waals surface area contributed by atoms with Crippen LogP contribution in [0.2, 0.25) is 0 Å². The standard InChI is InChI=1S/C28H38N4O7.C13H14N4O.ClH/c1-26(2,3)37-23(34)31-20(17-12-14-19(15-13-17)30-21(33)18-10-11-18)16-29-22(31)32(24(35)38-27(4,5)6)25(36)39-28(7,8)9;14-13-15-7-11(17-13)8-3-5-10(6-4-8)16-12(18)9-1-2-9;/h12-16,18H,10-11H2,1-9H3,(H,30,33);3-7,9H,1-2H2,(H,16,18)(H3,14,15,17);1H. The highest BCUT2D eigenvalue weighted by Crippen LogP contribution is 2.33. The minimum atomic E-state index is -1.07. The predicted octanol–water partition coefficient (Wildman–Crippen LogP) is 8.79. The van der Waals surface area contributed by atoms with Crippen molar-refractivity contribution in [2.75, 3.05) is 21.3 Å². The van der Waals surface area contributed by atoms with Gasteiger partial charge in [0.1, 0.15) is 16.8 Å². The van der Waals surface area contributed by atoms with Gasteiger partial charge in [0.15, 0.2) is 5.95 Å². The summed E-state index contributed by atoms with van der Waals surface area (Å²) in [5.74, 6) is 0.400. The van der Waals surface area contributed by atoms with Gasteiger partial charge in [-0.3, -0.25) is 9.59 Å². The molecule has 4 amide bonds. The molecule has 17 heteroatoms. The summed E-state index contributed by atoms with van der Waals surface area (Å²) in [5, 5.41) is 5.76. The van der Waals surface area contributed by atoms with Crippen LogP contribution in [0.4, 0.5) is 37.7 Å². The van der Waals surface area contributed by atoms with E-state index in [4.69, 9.17) is 19.9 Å². The lowest BCUT2D eigenvalue weighted by molar-refractivity contribution is -0.118. The first-order valence-electron chi connectivity index (χ1n) is 18.8. The number of ether oxygens (including phenoxy) is 3. The van der Waals surface area contributed by atoms with Gasteiger partial charge < -0.3 is 35.6 Å². The number of H-pyrrole nitrogens is 1. The number of aromatic nitrogens is 4. The zero-order valence-electron chi connectivity index (χ0n) is 34.3. The number of halogens is 1. The van der Waals surface area contributed by atoms with Gasteiger partial charge >= 0.3 is 18.3 Å². The third-order valence-electron chi connectivity index (χ3n) is 8.07. The molecule has 2 saturated carbocycles. The summed E-state index contributed by atoms with van der Waals surface area (Å²) >= 11 is 0. The monoisotopic (exact) mass is 820 g/mol. The van der Waals surface area contributed by atoms with E-state index in [-0.39, 0.29) is 47.7 Å². The Morgan fingerprint density at radius 3 is 1.48 bits per heavy atom. The number of imide groups is 1. The van der Waals surface area contributed by atoms with Gasteiger partial charge in [0, 0.05) is 28.8 Å². The van der Waals surface area contributed by atoms with Gasteiger partial charge in [-0.25, -0.2) is 28.9 Å². The Labute approximate surface area is 344 Å². The Morgan fingerprint density at radius 2 is 1.10 bits per heavy atom. The van der Waals surface area contributed by atoms with E-state index in [9.17, 15) is 24.0 Å². The highest BCUT2D eigenvalue weighted by molar-refractivity contribution is 6.09. The second kappa shape index (κ2) is 17.7. The Hall–Kier alpha value is -5.90. The topological polar surface area (TPSA) is 213 Å². The normalized spacial score (nSPS) is 13.8. The molecular weight excluding hydrogens is 768 g/mol. The minimum absolute atomic E-state index is 0. The van der Waals surface area contributed by atoms with Crippen molar-refractivity contribution in [3.8, 4) is 22.5 Å². The largest absolute Gasteiger partial charge is 0.443 e. The van der Waals surface area contributed by atoms with Gasteiger partial charge in [0.2, 0.25) is 17.8 Å². The van der Waals surface area contributed by atoms with E-state index in [1.165, 1.54) is 6.20 Å². The number of rotatable bonds is 7. The summed E-state index contributed by atoms with van der Waals surface area (Å²) < 4.78 is 17.5. The molecule has 312 valence electrons. The van der Waals surface area contributed by atoms with Crippen LogP contribution in [0.3, 0.4) is 0 Å². The molecule has 0 spiro atoms. The van der Waals surface area contributed by atoms with Crippen molar-refractivity contribution in [1.82, 2.24) is 19.5 Å². The number of imidazole rings is 2. The SMILES string of the molecule is CC(C)(C)OC(=O)N(C(=O)OC(C)(C)C)c1ncc(-c2ccc(NC(=O)C3CC3)cc2)n1C(=O)OC(C)(C)C.Cl.Nc1ncc(-c2ccc(NC(=O)C3CC3)cc2)[nH]1. The molecule has 2 aromatic heterocycles. The van der Waals surface area contributed by atoms with Gasteiger partial charge in [-0.2, -0.15) is 0 Å². The van der Waals surface area contributed by atoms with Crippen LogP contribution in [0.1, 0.15) is 88.0 Å². The lowest BCUT2D eigenvalue weighted by atomic mass is 10.1. The number of anilines is 4. The first-order chi connectivity index (χ1) is 26.6. The molecule has 58 heavy (non-hydrogen) atoms. The molecule has 0 saturated heterocycles. The van der Waals surface area contributed by atoms with Crippen molar-refractivity contribution in [1.29, 1.82) is 0 Å². The molecule has 0 aliphatic heterocycles. The van der Waals surface area contributed by atoms with Crippen LogP contribution < -0.4 is 21.3 Å². The molecule has 2 fully saturated rings. The number of nitrogen functional groups attached to an aromatic ring is 1. The van der Waals surface area contributed by atoms with Gasteiger partial charge in [-0.15, -0.1) is 17.3 Å². The quantitative estimate of drug-likeness (QED) is 0.129. The van der Waals surface area contributed by atoms with E-state index >= 15 is 0 Å². The van der Waals surface area contributed by atoms with Crippen LogP contribution >= 0.6 is 12.4 Å². The smallest absolute Gasteiger partial charge is 0.427 e. The fraction of sp³-hybridized carbons (Fsp3) is 0.439. The maximum absolute atomic E-state index is 13.5. The van der Waals surface area contributed by atoms with Crippen LogP contribution in [0, 0.1) is 11.8 Å². The van der Waals surface area contributed by atoms with Crippen LogP contribution in [0.15, 0.2) is 60.9 Å². The van der Waals surface area contributed by atoms with Gasteiger partial charge in [0.25, 0.3) is 0 Å². The highest BCUT2D eigenvalue weighted by Gasteiger charge is 2.38. The predicted molar refractivity (Wildman–Crippen MR) is 223 cm³/mol. The number of nitrogens with two attached hydrogens (primary N) is 1. The molecule has 2 aliphatic rings. The molecule has 16 nitrogen and oxygen atoms in total. The van der Waals surface area contributed by atoms with E-state index in [0.29, 0.717) is 22.1 Å². The molecule has 5 N–H and O–H groups in total. The maximum atomic E-state index is 13.5. The summed E-state index contributed by atoms with van der Waals surface area (Å²) in [6.45, 7) is 15.0. The number of benzene rings is 2. The third kappa shape index (κ3) is 12.8. The molecule has 0 atom stereocenters. The number of nitrogens with one attached hydrogen (secondary N) is 3. The van der Waals surface area contributed by atoms with Crippen molar-refractivity contribution in [2.24, 2.45) is 11.8 Å². The number of hydrogen-bond donors (Lipinski definition) is 4. The van der Waals surface area contributed by atoms with E-state index in [1.807, 2.05) is 24.3 Å². The van der Waals surface area contributed by atoms with E-state index in [0.717, 1.165) is 47.2 Å². The van der Waals surface area contributed by atoms with Gasteiger partial charge in [0.05, 0.1) is 23.8 Å². The van der Waals surface area contributed by atoms with E-state index < -0.39 is 35.1 Å². The second-order valence-electron chi connectivity index (χ2n) is 16.9. The number of hydrogen-bond acceptors (Lipinski definition) is 11. The Balaban J connectivity index is 0.000000324. The van der Waals surface area contributed by atoms with Crippen LogP contribution in [0.5, 0.6) is 0 Å². The highest BCUT2D eigenvalue weighted by atomic mass is 35.5. The molecular formula is C41H53ClN8O8. The summed E-state index contributed by atoms with van der Waals surface area (Å²) in [7, 11) is 0. The molecule has 2 aromatic carbocycles. The average molecular weight is 821 g/mol. The zero-order chi connectivity index (χ0) is 41.9. The third-order valence-corrected chi connectivity index (χ3v) is 8.07. The fourth-order valence-electron chi connectivity index (χ4n) is 5.16. The molecule has 0 radical (unpaired) electrons. The number of nitrogens with zero attached hydrogens (tertiary/aromatic N) is 4. The first-order valence-corrected chi connectivity index (χ1v) is 18.8. The lowest BCUT2D eigenvalue weighted by Crippen LogP contribution is -2.45. The second-order valence-corrected chi connectivity index (χ2v) is 16.9. The van der Waals surface area contributed by atoms with Crippen LogP contribution in [-0.2, 0) is 23.8 Å². The van der Waals surface area contributed by atoms with Gasteiger partial charge in [-0.1, -0.05) is 24.3 Å². The Kier molecular flexibility index (Phi) is 13.7. The molecule has 6 rings (SSSR count). The minimum Gasteiger partial charge on any atom is -0.443 e. The molecule has 0 bridgehead atoms. The number of carbonyl (C=O) groups excluding carboxylic acids is 5.